The summed E-state index contributed by atoms with van der Waals surface area (Å²) in [6.07, 6.45) is 0. The third-order valence-electron chi connectivity index (χ3n) is 2.85. The first kappa shape index (κ1) is 15.0. The summed E-state index contributed by atoms with van der Waals surface area (Å²) in [7, 11) is 0. The first-order valence-electron chi connectivity index (χ1n) is 6.30. The Morgan fingerprint density at radius 3 is 0.900 bits per heavy atom. The van der Waals surface area contributed by atoms with Gasteiger partial charge in [0, 0.05) is 0 Å². The molecule has 0 nitrogen and oxygen atoms in total. The summed E-state index contributed by atoms with van der Waals surface area (Å²) in [5.74, 6) is 0. The SMILES string of the molecule is [SiH4].c1ccc(I(c2ccccc2)c2ccccc2)cc1. The molecule has 0 aromatic heterocycles. The standard InChI is InChI=1S/C18H15I.H4Si/c1-4-10-16(11-5-1)19(17-12-6-2-7-13-17)18-14-8-3-9-15-18;/h1-15H;1H4. The van der Waals surface area contributed by atoms with Gasteiger partial charge in [0.25, 0.3) is 0 Å². The van der Waals surface area contributed by atoms with Crippen LogP contribution in [0, 0.1) is 10.7 Å². The molecule has 0 unspecified atom stereocenters. The fourth-order valence-electron chi connectivity index (χ4n) is 2.00. The van der Waals surface area contributed by atoms with Crippen molar-refractivity contribution in [3.05, 3.63) is 102 Å². The van der Waals surface area contributed by atoms with E-state index in [2.05, 4.69) is 91.0 Å². The molecule has 0 amide bonds. The number of benzene rings is 3. The van der Waals surface area contributed by atoms with Crippen molar-refractivity contribution >= 4 is 30.8 Å². The molecule has 2 heteroatoms. The fraction of sp³-hybridized carbons (Fsp3) is 0. The van der Waals surface area contributed by atoms with Gasteiger partial charge in [0.2, 0.25) is 0 Å². The Morgan fingerprint density at radius 1 is 0.400 bits per heavy atom. The summed E-state index contributed by atoms with van der Waals surface area (Å²) in [6, 6.07) is 32.8. The van der Waals surface area contributed by atoms with Crippen LogP contribution in [0.2, 0.25) is 0 Å². The Labute approximate surface area is 132 Å². The van der Waals surface area contributed by atoms with Gasteiger partial charge in [-0.15, -0.1) is 0 Å². The maximum absolute atomic E-state index is 2.27. The molecular weight excluding hydrogens is 371 g/mol. The van der Waals surface area contributed by atoms with Crippen molar-refractivity contribution in [2.45, 2.75) is 0 Å². The van der Waals surface area contributed by atoms with Crippen molar-refractivity contribution in [2.75, 3.05) is 0 Å². The van der Waals surface area contributed by atoms with Gasteiger partial charge in [0.05, 0.1) is 0 Å². The van der Waals surface area contributed by atoms with Gasteiger partial charge in [-0.05, 0) is 11.0 Å². The van der Waals surface area contributed by atoms with Crippen molar-refractivity contribution in [3.8, 4) is 0 Å². The molecule has 0 saturated carbocycles. The van der Waals surface area contributed by atoms with E-state index in [4.69, 9.17) is 0 Å². The molecule has 0 aliphatic rings. The Bertz CT molecular complexity index is 529. The van der Waals surface area contributed by atoms with Crippen molar-refractivity contribution in [3.63, 3.8) is 0 Å². The molecule has 3 aromatic carbocycles. The molecule has 0 aliphatic carbocycles. The molecule has 0 atom stereocenters. The molecule has 0 radical (unpaired) electrons. The van der Waals surface area contributed by atoms with Crippen molar-refractivity contribution in [1.29, 1.82) is 0 Å². The van der Waals surface area contributed by atoms with Crippen molar-refractivity contribution in [1.82, 2.24) is 0 Å². The number of halogens is 1. The molecule has 102 valence electrons. The number of hydrogen-bond donors (Lipinski definition) is 0. The summed E-state index contributed by atoms with van der Waals surface area (Å²) in [4.78, 5) is 0. The van der Waals surface area contributed by atoms with Crippen LogP contribution in [0.15, 0.2) is 91.0 Å². The van der Waals surface area contributed by atoms with Gasteiger partial charge in [-0.1, -0.05) is 0 Å². The van der Waals surface area contributed by atoms with Gasteiger partial charge in [-0.3, -0.25) is 0 Å². The molecule has 20 heavy (non-hydrogen) atoms. The molecule has 3 rings (SSSR count). The average molecular weight is 390 g/mol. The molecule has 3 aromatic rings. The Balaban J connectivity index is 0.00000147. The molecule has 0 N–H and O–H groups in total. The van der Waals surface area contributed by atoms with E-state index in [1.54, 1.807) is 0 Å². The minimum atomic E-state index is -1.52. The van der Waals surface area contributed by atoms with E-state index in [1.807, 2.05) is 0 Å². The van der Waals surface area contributed by atoms with Gasteiger partial charge in [0.15, 0.2) is 0 Å². The molecule has 0 saturated heterocycles. The molecule has 0 aliphatic heterocycles. The zero-order chi connectivity index (χ0) is 12.9. The molecule has 0 fully saturated rings. The number of rotatable bonds is 3. The van der Waals surface area contributed by atoms with E-state index in [9.17, 15) is 0 Å². The topological polar surface area (TPSA) is 0 Å². The van der Waals surface area contributed by atoms with Crippen LogP contribution in [-0.4, -0.2) is 11.0 Å². The Kier molecular flexibility index (Phi) is 5.56. The van der Waals surface area contributed by atoms with Crippen LogP contribution >= 0.6 is 19.8 Å². The Hall–Kier alpha value is -1.39. The third-order valence-corrected chi connectivity index (χ3v) is 8.75. The number of hydrogen-bond acceptors (Lipinski definition) is 0. The summed E-state index contributed by atoms with van der Waals surface area (Å²) in [5.41, 5.74) is 0. The van der Waals surface area contributed by atoms with E-state index >= 15 is 0 Å². The van der Waals surface area contributed by atoms with Gasteiger partial charge in [-0.2, -0.15) is 0 Å². The normalized spacial score (nSPS) is 10.5. The second kappa shape index (κ2) is 7.41. The second-order valence-corrected chi connectivity index (χ2v) is 9.53. The first-order valence-corrected chi connectivity index (χ1v) is 9.54. The minimum absolute atomic E-state index is 0. The van der Waals surface area contributed by atoms with Crippen molar-refractivity contribution in [2.24, 2.45) is 0 Å². The van der Waals surface area contributed by atoms with Crippen LogP contribution in [0.1, 0.15) is 0 Å². The summed E-state index contributed by atoms with van der Waals surface area (Å²) >= 11 is -1.52. The van der Waals surface area contributed by atoms with Gasteiger partial charge in [-0.25, -0.2) is 0 Å². The third kappa shape index (κ3) is 3.38. The summed E-state index contributed by atoms with van der Waals surface area (Å²) in [6.45, 7) is 0. The molecular formula is C18H19ISi. The monoisotopic (exact) mass is 390 g/mol. The Morgan fingerprint density at radius 2 is 0.650 bits per heavy atom. The second-order valence-electron chi connectivity index (χ2n) is 4.17. The first-order chi connectivity index (χ1) is 9.45. The van der Waals surface area contributed by atoms with Gasteiger partial charge in [0.1, 0.15) is 0 Å². The maximum atomic E-state index is 2.27. The van der Waals surface area contributed by atoms with Crippen LogP contribution in [-0.2, 0) is 0 Å². The van der Waals surface area contributed by atoms with E-state index in [0.717, 1.165) is 0 Å². The van der Waals surface area contributed by atoms with E-state index in [0.29, 0.717) is 0 Å². The summed E-state index contributed by atoms with van der Waals surface area (Å²) in [5, 5.41) is 0. The molecule has 0 heterocycles. The predicted molar refractivity (Wildman–Crippen MR) is 101 cm³/mol. The van der Waals surface area contributed by atoms with E-state index in [1.165, 1.54) is 10.7 Å². The van der Waals surface area contributed by atoms with Crippen LogP contribution in [0.3, 0.4) is 0 Å². The van der Waals surface area contributed by atoms with Crippen molar-refractivity contribution < 1.29 is 0 Å². The van der Waals surface area contributed by atoms with Crippen LogP contribution in [0.4, 0.5) is 0 Å². The van der Waals surface area contributed by atoms with Crippen LogP contribution in [0.25, 0.3) is 0 Å². The van der Waals surface area contributed by atoms with E-state index < -0.39 is 19.8 Å². The average Bonchev–Trinajstić information content (AvgIpc) is 2.51. The molecule has 0 spiro atoms. The summed E-state index contributed by atoms with van der Waals surface area (Å²) < 4.78 is 4.47. The fourth-order valence-corrected chi connectivity index (χ4v) is 7.56. The van der Waals surface area contributed by atoms with E-state index in [-0.39, 0.29) is 11.0 Å². The van der Waals surface area contributed by atoms with Gasteiger partial charge < -0.3 is 0 Å². The predicted octanol–water partition coefficient (Wildman–Crippen LogP) is 3.65. The zero-order valence-corrected chi connectivity index (χ0v) is 12.7. The van der Waals surface area contributed by atoms with Gasteiger partial charge >= 0.3 is 122 Å². The van der Waals surface area contributed by atoms with Crippen LogP contribution in [0.5, 0.6) is 0 Å². The quantitative estimate of drug-likeness (QED) is 0.473. The molecule has 0 bridgehead atoms. The van der Waals surface area contributed by atoms with Crippen LogP contribution < -0.4 is 0 Å². The zero-order valence-electron chi connectivity index (χ0n) is 10.5.